The number of rotatable bonds is 5. The van der Waals surface area contributed by atoms with Gasteiger partial charge in [0, 0.05) is 17.1 Å². The van der Waals surface area contributed by atoms with Crippen molar-refractivity contribution in [2.45, 2.75) is 19.8 Å². The van der Waals surface area contributed by atoms with E-state index in [1.54, 1.807) is 12.1 Å². The molecule has 0 aromatic heterocycles. The van der Waals surface area contributed by atoms with Gasteiger partial charge >= 0.3 is 5.97 Å². The molecule has 0 saturated carbocycles. The fourth-order valence-corrected chi connectivity index (χ4v) is 2.03. The Labute approximate surface area is 118 Å². The molecule has 0 spiro atoms. The highest BCUT2D eigenvalue weighted by Gasteiger charge is 2.08. The lowest BCUT2D eigenvalue weighted by Crippen LogP contribution is -2.03. The van der Waals surface area contributed by atoms with Gasteiger partial charge < -0.3 is 16.2 Å². The SMILES string of the molecule is CCCc1ccc(Nc2ccc(N)c(C(=O)O)c2)cc1. The van der Waals surface area contributed by atoms with Gasteiger partial charge in [-0.1, -0.05) is 25.5 Å². The zero-order valence-corrected chi connectivity index (χ0v) is 11.4. The van der Waals surface area contributed by atoms with Crippen molar-refractivity contribution in [3.63, 3.8) is 0 Å². The van der Waals surface area contributed by atoms with Crippen LogP contribution in [0.1, 0.15) is 29.3 Å². The number of nitrogens with two attached hydrogens (primary N) is 1. The highest BCUT2D eigenvalue weighted by molar-refractivity contribution is 5.95. The summed E-state index contributed by atoms with van der Waals surface area (Å²) in [5, 5.41) is 12.2. The second-order valence-electron chi connectivity index (χ2n) is 4.68. The molecule has 2 aromatic carbocycles. The van der Waals surface area contributed by atoms with E-state index in [2.05, 4.69) is 24.4 Å². The average molecular weight is 270 g/mol. The number of carboxylic acids is 1. The molecule has 0 radical (unpaired) electrons. The largest absolute Gasteiger partial charge is 0.478 e. The van der Waals surface area contributed by atoms with Gasteiger partial charge in [-0.15, -0.1) is 0 Å². The van der Waals surface area contributed by atoms with Crippen LogP contribution in [0, 0.1) is 0 Å². The number of nitrogens with one attached hydrogen (secondary N) is 1. The molecule has 0 aliphatic carbocycles. The Morgan fingerprint density at radius 2 is 1.80 bits per heavy atom. The van der Waals surface area contributed by atoms with Crippen molar-refractivity contribution >= 4 is 23.0 Å². The third kappa shape index (κ3) is 3.29. The number of benzene rings is 2. The molecule has 0 heterocycles. The Kier molecular flexibility index (Phi) is 4.25. The standard InChI is InChI=1S/C16H18N2O2/c1-2-3-11-4-6-12(7-5-11)18-13-8-9-15(17)14(10-13)16(19)20/h4-10,18H,2-3,17H2,1H3,(H,19,20). The average Bonchev–Trinajstić information content (AvgIpc) is 2.43. The number of carbonyl (C=O) groups is 1. The van der Waals surface area contributed by atoms with Gasteiger partial charge in [-0.25, -0.2) is 4.79 Å². The maximum absolute atomic E-state index is 11.0. The Hall–Kier alpha value is -2.49. The third-order valence-corrected chi connectivity index (χ3v) is 3.06. The highest BCUT2D eigenvalue weighted by Crippen LogP contribution is 2.22. The molecule has 0 saturated heterocycles. The second-order valence-corrected chi connectivity index (χ2v) is 4.68. The lowest BCUT2D eigenvalue weighted by Gasteiger charge is -2.09. The summed E-state index contributed by atoms with van der Waals surface area (Å²) in [5.74, 6) is -1.02. The molecule has 0 unspecified atom stereocenters. The Morgan fingerprint density at radius 1 is 1.15 bits per heavy atom. The van der Waals surface area contributed by atoms with E-state index in [0.29, 0.717) is 5.69 Å². The van der Waals surface area contributed by atoms with E-state index >= 15 is 0 Å². The number of nitrogen functional groups attached to an aromatic ring is 1. The van der Waals surface area contributed by atoms with Gasteiger partial charge in [-0.3, -0.25) is 0 Å². The lowest BCUT2D eigenvalue weighted by molar-refractivity contribution is 0.0698. The van der Waals surface area contributed by atoms with E-state index in [-0.39, 0.29) is 11.3 Å². The zero-order valence-electron chi connectivity index (χ0n) is 11.4. The first kappa shape index (κ1) is 13.9. The molecule has 0 amide bonds. The fraction of sp³-hybridized carbons (Fsp3) is 0.188. The number of aryl methyl sites for hydroxylation is 1. The third-order valence-electron chi connectivity index (χ3n) is 3.06. The highest BCUT2D eigenvalue weighted by atomic mass is 16.4. The molecular formula is C16H18N2O2. The van der Waals surface area contributed by atoms with Crippen molar-refractivity contribution in [2.24, 2.45) is 0 Å². The first-order valence-electron chi connectivity index (χ1n) is 6.59. The number of aromatic carboxylic acids is 1. The molecule has 20 heavy (non-hydrogen) atoms. The number of anilines is 3. The Balaban J connectivity index is 2.17. The summed E-state index contributed by atoms with van der Waals surface area (Å²) in [4.78, 5) is 11.0. The van der Waals surface area contributed by atoms with Gasteiger partial charge in [0.15, 0.2) is 0 Å². The molecule has 2 aromatic rings. The number of hydrogen-bond donors (Lipinski definition) is 3. The van der Waals surface area contributed by atoms with Crippen LogP contribution < -0.4 is 11.1 Å². The number of hydrogen-bond acceptors (Lipinski definition) is 3. The van der Waals surface area contributed by atoms with Crippen molar-refractivity contribution in [3.8, 4) is 0 Å². The monoisotopic (exact) mass is 270 g/mol. The van der Waals surface area contributed by atoms with Crippen molar-refractivity contribution in [2.75, 3.05) is 11.1 Å². The molecule has 4 nitrogen and oxygen atoms in total. The molecule has 4 heteroatoms. The summed E-state index contributed by atoms with van der Waals surface area (Å²) in [5.41, 5.74) is 8.93. The quantitative estimate of drug-likeness (QED) is 0.725. The summed E-state index contributed by atoms with van der Waals surface area (Å²) in [6.07, 6.45) is 2.18. The molecular weight excluding hydrogens is 252 g/mol. The Morgan fingerprint density at radius 3 is 2.40 bits per heavy atom. The summed E-state index contributed by atoms with van der Waals surface area (Å²) < 4.78 is 0. The summed E-state index contributed by atoms with van der Waals surface area (Å²) in [6.45, 7) is 2.15. The van der Waals surface area contributed by atoms with Crippen molar-refractivity contribution in [3.05, 3.63) is 53.6 Å². The van der Waals surface area contributed by atoms with Crippen LogP contribution in [0.15, 0.2) is 42.5 Å². The van der Waals surface area contributed by atoms with Gasteiger partial charge in [0.1, 0.15) is 0 Å². The van der Waals surface area contributed by atoms with Crippen LogP contribution in [0.25, 0.3) is 0 Å². The van der Waals surface area contributed by atoms with E-state index in [1.165, 1.54) is 11.6 Å². The minimum atomic E-state index is -1.02. The predicted molar refractivity (Wildman–Crippen MR) is 81.5 cm³/mol. The van der Waals surface area contributed by atoms with Gasteiger partial charge in [0.2, 0.25) is 0 Å². The van der Waals surface area contributed by atoms with Gasteiger partial charge in [-0.2, -0.15) is 0 Å². The van der Waals surface area contributed by atoms with Crippen LogP contribution in [0.3, 0.4) is 0 Å². The van der Waals surface area contributed by atoms with Crippen LogP contribution in [0.5, 0.6) is 0 Å². The van der Waals surface area contributed by atoms with Gasteiger partial charge in [0.25, 0.3) is 0 Å². The maximum Gasteiger partial charge on any atom is 0.337 e. The summed E-state index contributed by atoms with van der Waals surface area (Å²) >= 11 is 0. The summed E-state index contributed by atoms with van der Waals surface area (Å²) in [7, 11) is 0. The van der Waals surface area contributed by atoms with Crippen LogP contribution in [0.4, 0.5) is 17.1 Å². The lowest BCUT2D eigenvalue weighted by atomic mass is 10.1. The fourth-order valence-electron chi connectivity index (χ4n) is 2.03. The minimum Gasteiger partial charge on any atom is -0.478 e. The van der Waals surface area contributed by atoms with Crippen molar-refractivity contribution < 1.29 is 9.90 Å². The topological polar surface area (TPSA) is 75.3 Å². The summed E-state index contributed by atoms with van der Waals surface area (Å²) in [6, 6.07) is 13.0. The first-order valence-corrected chi connectivity index (χ1v) is 6.59. The van der Waals surface area contributed by atoms with E-state index in [4.69, 9.17) is 10.8 Å². The molecule has 0 aliphatic heterocycles. The molecule has 0 fully saturated rings. The van der Waals surface area contributed by atoms with Crippen molar-refractivity contribution in [1.82, 2.24) is 0 Å². The van der Waals surface area contributed by atoms with E-state index in [1.807, 2.05) is 12.1 Å². The molecule has 4 N–H and O–H groups in total. The molecule has 0 atom stereocenters. The van der Waals surface area contributed by atoms with Crippen LogP contribution in [-0.4, -0.2) is 11.1 Å². The van der Waals surface area contributed by atoms with Crippen LogP contribution in [-0.2, 0) is 6.42 Å². The van der Waals surface area contributed by atoms with E-state index in [0.717, 1.165) is 18.5 Å². The normalized spacial score (nSPS) is 10.2. The smallest absolute Gasteiger partial charge is 0.337 e. The van der Waals surface area contributed by atoms with E-state index < -0.39 is 5.97 Å². The molecule has 104 valence electrons. The first-order chi connectivity index (χ1) is 9.60. The maximum atomic E-state index is 11.0. The van der Waals surface area contributed by atoms with Gasteiger partial charge in [-0.05, 0) is 42.3 Å². The van der Waals surface area contributed by atoms with E-state index in [9.17, 15) is 4.79 Å². The van der Waals surface area contributed by atoms with Crippen LogP contribution >= 0.6 is 0 Å². The van der Waals surface area contributed by atoms with Gasteiger partial charge in [0.05, 0.1) is 5.56 Å². The zero-order chi connectivity index (χ0) is 14.5. The molecule has 0 aliphatic rings. The Bertz CT molecular complexity index is 606. The van der Waals surface area contributed by atoms with Crippen LogP contribution in [0.2, 0.25) is 0 Å². The second kappa shape index (κ2) is 6.10. The molecule has 0 bridgehead atoms. The molecule has 2 rings (SSSR count). The number of carboxylic acid groups (broad SMARTS) is 1. The van der Waals surface area contributed by atoms with Crippen molar-refractivity contribution in [1.29, 1.82) is 0 Å². The predicted octanol–water partition coefficient (Wildman–Crippen LogP) is 3.66. The minimum absolute atomic E-state index is 0.109.